The number of benzene rings is 1. The number of aliphatic hydroxyl groups excluding tert-OH is 1. The maximum absolute atomic E-state index is 12.2. The molecule has 1 N–H and O–H groups in total. The summed E-state index contributed by atoms with van der Waals surface area (Å²) in [6.07, 6.45) is -7.88. The van der Waals surface area contributed by atoms with Crippen molar-refractivity contribution in [2.24, 2.45) is 0 Å². The van der Waals surface area contributed by atoms with Crippen LogP contribution in [0.5, 0.6) is 5.75 Å². The fraction of sp³-hybridized carbons (Fsp3) is 0.417. The zero-order valence-electron chi connectivity index (χ0n) is 9.61. The molecule has 18 heavy (non-hydrogen) atoms. The van der Waals surface area contributed by atoms with E-state index in [0.717, 1.165) is 0 Å². The van der Waals surface area contributed by atoms with Crippen molar-refractivity contribution in [3.05, 3.63) is 29.8 Å². The number of ether oxygens (including phenoxy) is 1. The number of hydrogen-bond acceptors (Lipinski definition) is 3. The van der Waals surface area contributed by atoms with E-state index in [0.29, 0.717) is 11.3 Å². The molecule has 1 aromatic carbocycles. The molecule has 0 amide bonds. The zero-order valence-corrected chi connectivity index (χ0v) is 9.61. The van der Waals surface area contributed by atoms with Gasteiger partial charge >= 0.3 is 6.18 Å². The van der Waals surface area contributed by atoms with Crippen LogP contribution in [0.2, 0.25) is 0 Å². The van der Waals surface area contributed by atoms with E-state index in [4.69, 9.17) is 15.1 Å². The number of methoxy groups -OCH3 is 1. The number of rotatable bonds is 4. The molecule has 0 bridgehead atoms. The number of halogens is 3. The Bertz CT molecular complexity index is 422. The summed E-state index contributed by atoms with van der Waals surface area (Å²) in [6, 6.07) is 7.89. The van der Waals surface area contributed by atoms with Gasteiger partial charge in [-0.25, -0.2) is 0 Å². The smallest absolute Gasteiger partial charge is 0.414 e. The SMILES string of the molecule is COc1ccc([C@@H](C#N)C[C@H](O)C(F)(F)F)cc1. The van der Waals surface area contributed by atoms with Crippen molar-refractivity contribution in [3.63, 3.8) is 0 Å². The summed E-state index contributed by atoms with van der Waals surface area (Å²) in [5, 5.41) is 17.8. The molecular weight excluding hydrogens is 247 g/mol. The molecule has 0 saturated carbocycles. The molecule has 0 heterocycles. The third kappa shape index (κ3) is 3.64. The predicted octanol–water partition coefficient (Wildman–Crippen LogP) is 2.62. The van der Waals surface area contributed by atoms with Crippen LogP contribution in [0.25, 0.3) is 0 Å². The highest BCUT2D eigenvalue weighted by Gasteiger charge is 2.39. The third-order valence-electron chi connectivity index (χ3n) is 2.51. The van der Waals surface area contributed by atoms with Crippen molar-refractivity contribution in [1.82, 2.24) is 0 Å². The quantitative estimate of drug-likeness (QED) is 0.904. The van der Waals surface area contributed by atoms with Gasteiger partial charge in [0.25, 0.3) is 0 Å². The molecule has 1 aromatic rings. The fourth-order valence-corrected chi connectivity index (χ4v) is 1.46. The summed E-state index contributed by atoms with van der Waals surface area (Å²) >= 11 is 0. The normalized spacial score (nSPS) is 14.7. The molecular formula is C12H12F3NO2. The van der Waals surface area contributed by atoms with Crippen molar-refractivity contribution in [2.45, 2.75) is 24.6 Å². The van der Waals surface area contributed by atoms with Crippen LogP contribution < -0.4 is 4.74 Å². The molecule has 0 aliphatic carbocycles. The average molecular weight is 259 g/mol. The summed E-state index contributed by atoms with van der Waals surface area (Å²) in [7, 11) is 1.46. The van der Waals surface area contributed by atoms with E-state index in [1.807, 2.05) is 0 Å². The van der Waals surface area contributed by atoms with Gasteiger partial charge in [0, 0.05) is 6.42 Å². The van der Waals surface area contributed by atoms with Crippen LogP contribution in [0, 0.1) is 11.3 Å². The van der Waals surface area contributed by atoms with Gasteiger partial charge in [-0.15, -0.1) is 0 Å². The molecule has 2 atom stereocenters. The lowest BCUT2D eigenvalue weighted by Gasteiger charge is -2.17. The van der Waals surface area contributed by atoms with Crippen LogP contribution in [0.4, 0.5) is 13.2 Å². The molecule has 0 spiro atoms. The van der Waals surface area contributed by atoms with E-state index in [9.17, 15) is 13.2 Å². The van der Waals surface area contributed by atoms with Gasteiger partial charge in [-0.1, -0.05) is 12.1 Å². The fourth-order valence-electron chi connectivity index (χ4n) is 1.46. The molecule has 0 radical (unpaired) electrons. The maximum atomic E-state index is 12.2. The van der Waals surface area contributed by atoms with Gasteiger partial charge in [0.1, 0.15) is 5.75 Å². The molecule has 0 aliphatic rings. The van der Waals surface area contributed by atoms with Crippen molar-refractivity contribution >= 4 is 0 Å². The van der Waals surface area contributed by atoms with Crippen molar-refractivity contribution in [1.29, 1.82) is 5.26 Å². The Kier molecular flexibility index (Phi) is 4.56. The van der Waals surface area contributed by atoms with Crippen LogP contribution >= 0.6 is 0 Å². The highest BCUT2D eigenvalue weighted by atomic mass is 19.4. The molecule has 98 valence electrons. The standard InChI is InChI=1S/C12H12F3NO2/c1-18-10-4-2-8(3-5-10)9(7-16)6-11(17)12(13,14)15/h2-5,9,11,17H,6H2,1H3/t9-,11+/m1/s1. The second-order valence-corrected chi connectivity index (χ2v) is 3.75. The van der Waals surface area contributed by atoms with E-state index in [2.05, 4.69) is 0 Å². The Morgan fingerprint density at radius 2 is 1.89 bits per heavy atom. The molecule has 3 nitrogen and oxygen atoms in total. The van der Waals surface area contributed by atoms with E-state index in [1.54, 1.807) is 18.2 Å². The van der Waals surface area contributed by atoms with Gasteiger partial charge in [-0.3, -0.25) is 0 Å². The van der Waals surface area contributed by atoms with Gasteiger partial charge in [-0.05, 0) is 17.7 Å². The van der Waals surface area contributed by atoms with Gasteiger partial charge in [0.2, 0.25) is 0 Å². The first-order valence-electron chi connectivity index (χ1n) is 5.17. The van der Waals surface area contributed by atoms with E-state index < -0.39 is 24.6 Å². The minimum atomic E-state index is -4.71. The molecule has 6 heteroatoms. The molecule has 0 aliphatic heterocycles. The summed E-state index contributed by atoms with van der Waals surface area (Å²) < 4.78 is 41.5. The number of hydrogen-bond donors (Lipinski definition) is 1. The van der Waals surface area contributed by atoms with Gasteiger partial charge in [0.05, 0.1) is 19.1 Å². The topological polar surface area (TPSA) is 53.2 Å². The summed E-state index contributed by atoms with van der Waals surface area (Å²) in [5.74, 6) is -0.459. The molecule has 0 saturated heterocycles. The monoisotopic (exact) mass is 259 g/mol. The first-order valence-corrected chi connectivity index (χ1v) is 5.17. The van der Waals surface area contributed by atoms with E-state index >= 15 is 0 Å². The van der Waals surface area contributed by atoms with Crippen molar-refractivity contribution < 1.29 is 23.0 Å². The first-order chi connectivity index (χ1) is 8.38. The Balaban J connectivity index is 2.81. The molecule has 1 rings (SSSR count). The van der Waals surface area contributed by atoms with Crippen LogP contribution in [-0.2, 0) is 0 Å². The average Bonchev–Trinajstić information content (AvgIpc) is 2.34. The van der Waals surface area contributed by atoms with Crippen molar-refractivity contribution in [3.8, 4) is 11.8 Å². The van der Waals surface area contributed by atoms with Gasteiger partial charge in [-0.2, -0.15) is 18.4 Å². The van der Waals surface area contributed by atoms with Crippen LogP contribution in [0.3, 0.4) is 0 Å². The lowest BCUT2D eigenvalue weighted by molar-refractivity contribution is -0.205. The highest BCUT2D eigenvalue weighted by Crippen LogP contribution is 2.29. The number of nitrogens with zero attached hydrogens (tertiary/aromatic N) is 1. The van der Waals surface area contributed by atoms with Crippen molar-refractivity contribution in [2.75, 3.05) is 7.11 Å². The second kappa shape index (κ2) is 5.74. The van der Waals surface area contributed by atoms with Crippen LogP contribution in [0.15, 0.2) is 24.3 Å². The zero-order chi connectivity index (χ0) is 13.8. The van der Waals surface area contributed by atoms with Crippen LogP contribution in [0.1, 0.15) is 17.9 Å². The molecule has 0 unspecified atom stereocenters. The second-order valence-electron chi connectivity index (χ2n) is 3.75. The highest BCUT2D eigenvalue weighted by molar-refractivity contribution is 5.32. The van der Waals surface area contributed by atoms with Gasteiger partial charge in [0.15, 0.2) is 6.10 Å². The van der Waals surface area contributed by atoms with E-state index in [-0.39, 0.29) is 0 Å². The third-order valence-corrected chi connectivity index (χ3v) is 2.51. The first kappa shape index (κ1) is 14.3. The summed E-state index contributed by atoms with van der Waals surface area (Å²) in [5.41, 5.74) is 0.418. The number of aliphatic hydroxyl groups is 1. The predicted molar refractivity (Wildman–Crippen MR) is 58.0 cm³/mol. The lowest BCUT2D eigenvalue weighted by Crippen LogP contribution is -2.30. The molecule has 0 aromatic heterocycles. The van der Waals surface area contributed by atoms with Crippen LogP contribution in [-0.4, -0.2) is 24.5 Å². The minimum Gasteiger partial charge on any atom is -0.497 e. The van der Waals surface area contributed by atoms with Gasteiger partial charge < -0.3 is 9.84 Å². The maximum Gasteiger partial charge on any atom is 0.414 e. The Morgan fingerprint density at radius 3 is 2.28 bits per heavy atom. The Labute approximate surface area is 102 Å². The Morgan fingerprint density at radius 1 is 1.33 bits per heavy atom. The number of nitriles is 1. The number of alkyl halides is 3. The largest absolute Gasteiger partial charge is 0.497 e. The summed E-state index contributed by atoms with van der Waals surface area (Å²) in [4.78, 5) is 0. The van der Waals surface area contributed by atoms with E-state index in [1.165, 1.54) is 19.2 Å². The Hall–Kier alpha value is -1.74. The summed E-state index contributed by atoms with van der Waals surface area (Å²) in [6.45, 7) is 0. The lowest BCUT2D eigenvalue weighted by atomic mass is 9.94. The minimum absolute atomic E-state index is 0.418. The molecule has 0 fully saturated rings.